The average molecular weight is 224 g/mol. The number of rotatable bonds is 2. The standard InChI is InChI=1S/C12H20N2S/c1-8-6-11(9(2)15-8)12-10(7-13)4-5-14(12)3/h6,10,12H,4-5,7,13H2,1-3H3. The van der Waals surface area contributed by atoms with Gasteiger partial charge in [0.05, 0.1) is 0 Å². The molecule has 0 saturated carbocycles. The number of hydrogen-bond acceptors (Lipinski definition) is 3. The first-order valence-corrected chi connectivity index (χ1v) is 6.42. The molecule has 0 aromatic carbocycles. The second kappa shape index (κ2) is 4.24. The van der Waals surface area contributed by atoms with Gasteiger partial charge in [0, 0.05) is 15.8 Å². The summed E-state index contributed by atoms with van der Waals surface area (Å²) in [6, 6.07) is 2.90. The highest BCUT2D eigenvalue weighted by atomic mass is 32.1. The maximum absolute atomic E-state index is 5.86. The van der Waals surface area contributed by atoms with Crippen LogP contribution in [0.25, 0.3) is 0 Å². The van der Waals surface area contributed by atoms with Gasteiger partial charge in [-0.2, -0.15) is 0 Å². The molecule has 15 heavy (non-hydrogen) atoms. The molecule has 1 aromatic rings. The van der Waals surface area contributed by atoms with E-state index < -0.39 is 0 Å². The van der Waals surface area contributed by atoms with Crippen molar-refractivity contribution in [1.82, 2.24) is 4.90 Å². The Balaban J connectivity index is 2.31. The Labute approximate surface area is 96.1 Å². The third-order valence-electron chi connectivity index (χ3n) is 3.47. The molecule has 84 valence electrons. The monoisotopic (exact) mass is 224 g/mol. The van der Waals surface area contributed by atoms with E-state index in [4.69, 9.17) is 5.73 Å². The topological polar surface area (TPSA) is 29.3 Å². The Hall–Kier alpha value is -0.380. The molecule has 1 aliphatic heterocycles. The van der Waals surface area contributed by atoms with E-state index in [0.717, 1.165) is 6.54 Å². The Bertz CT molecular complexity index is 345. The van der Waals surface area contributed by atoms with Crippen molar-refractivity contribution in [3.63, 3.8) is 0 Å². The van der Waals surface area contributed by atoms with Gasteiger partial charge in [-0.3, -0.25) is 4.90 Å². The molecule has 0 aliphatic carbocycles. The third-order valence-corrected chi connectivity index (χ3v) is 4.46. The Morgan fingerprint density at radius 2 is 2.27 bits per heavy atom. The molecule has 1 saturated heterocycles. The molecule has 2 rings (SSSR count). The molecular formula is C12H20N2S. The summed E-state index contributed by atoms with van der Waals surface area (Å²) in [5, 5.41) is 0. The van der Waals surface area contributed by atoms with E-state index in [0.29, 0.717) is 12.0 Å². The van der Waals surface area contributed by atoms with Gasteiger partial charge in [-0.15, -0.1) is 11.3 Å². The molecule has 1 aromatic heterocycles. The van der Waals surface area contributed by atoms with Crippen molar-refractivity contribution in [2.24, 2.45) is 11.7 Å². The molecule has 1 fully saturated rings. The lowest BCUT2D eigenvalue weighted by molar-refractivity contribution is 0.279. The number of aryl methyl sites for hydroxylation is 2. The molecule has 2 heterocycles. The van der Waals surface area contributed by atoms with Crippen LogP contribution in [0.15, 0.2) is 6.07 Å². The molecule has 0 amide bonds. The number of hydrogen-bond donors (Lipinski definition) is 1. The molecule has 0 spiro atoms. The highest BCUT2D eigenvalue weighted by molar-refractivity contribution is 7.12. The molecule has 2 nitrogen and oxygen atoms in total. The van der Waals surface area contributed by atoms with Gasteiger partial charge in [0.2, 0.25) is 0 Å². The van der Waals surface area contributed by atoms with Crippen LogP contribution in [0, 0.1) is 19.8 Å². The largest absolute Gasteiger partial charge is 0.330 e. The number of thiophene rings is 1. The van der Waals surface area contributed by atoms with Crippen molar-refractivity contribution in [3.05, 3.63) is 21.4 Å². The predicted molar refractivity (Wildman–Crippen MR) is 66.3 cm³/mol. The van der Waals surface area contributed by atoms with E-state index in [1.54, 1.807) is 0 Å². The van der Waals surface area contributed by atoms with Crippen LogP contribution in [-0.4, -0.2) is 25.0 Å². The zero-order valence-corrected chi connectivity index (χ0v) is 10.6. The minimum Gasteiger partial charge on any atom is -0.330 e. The average Bonchev–Trinajstić information content (AvgIpc) is 2.69. The van der Waals surface area contributed by atoms with Crippen molar-refractivity contribution in [2.75, 3.05) is 20.1 Å². The molecule has 2 atom stereocenters. The predicted octanol–water partition coefficient (Wildman–Crippen LogP) is 2.32. The van der Waals surface area contributed by atoms with Gasteiger partial charge >= 0.3 is 0 Å². The van der Waals surface area contributed by atoms with Crippen LogP contribution in [0.4, 0.5) is 0 Å². The van der Waals surface area contributed by atoms with Crippen LogP contribution in [-0.2, 0) is 0 Å². The van der Waals surface area contributed by atoms with Crippen molar-refractivity contribution in [1.29, 1.82) is 0 Å². The second-order valence-electron chi connectivity index (χ2n) is 4.58. The SMILES string of the molecule is Cc1cc(C2C(CN)CCN2C)c(C)s1. The van der Waals surface area contributed by atoms with E-state index in [1.807, 2.05) is 11.3 Å². The molecule has 2 unspecified atom stereocenters. The first-order chi connectivity index (χ1) is 7.13. The zero-order chi connectivity index (χ0) is 11.0. The van der Waals surface area contributed by atoms with Crippen molar-refractivity contribution >= 4 is 11.3 Å². The summed E-state index contributed by atoms with van der Waals surface area (Å²) in [6.07, 6.45) is 1.24. The van der Waals surface area contributed by atoms with Gasteiger partial charge in [-0.05, 0) is 58.0 Å². The second-order valence-corrected chi connectivity index (χ2v) is 6.04. The normalized spacial score (nSPS) is 27.5. The van der Waals surface area contributed by atoms with Gasteiger partial charge in [0.15, 0.2) is 0 Å². The minimum absolute atomic E-state index is 0.556. The van der Waals surface area contributed by atoms with Crippen LogP contribution < -0.4 is 5.73 Å². The number of nitrogens with zero attached hydrogens (tertiary/aromatic N) is 1. The van der Waals surface area contributed by atoms with E-state index in [2.05, 4.69) is 31.9 Å². The fraction of sp³-hybridized carbons (Fsp3) is 0.667. The molecule has 3 heteroatoms. The molecular weight excluding hydrogens is 204 g/mol. The summed E-state index contributed by atoms with van der Waals surface area (Å²) < 4.78 is 0. The number of likely N-dealkylation sites (tertiary alicyclic amines) is 1. The Morgan fingerprint density at radius 1 is 1.53 bits per heavy atom. The number of nitrogens with two attached hydrogens (primary N) is 1. The summed E-state index contributed by atoms with van der Waals surface area (Å²) in [7, 11) is 2.22. The minimum atomic E-state index is 0.556. The molecule has 0 radical (unpaired) electrons. The van der Waals surface area contributed by atoms with Gasteiger partial charge in [0.25, 0.3) is 0 Å². The van der Waals surface area contributed by atoms with Crippen LogP contribution in [0.3, 0.4) is 0 Å². The first-order valence-electron chi connectivity index (χ1n) is 5.60. The summed E-state index contributed by atoms with van der Waals surface area (Å²) in [4.78, 5) is 5.33. The van der Waals surface area contributed by atoms with Gasteiger partial charge in [-0.25, -0.2) is 0 Å². The summed E-state index contributed by atoms with van der Waals surface area (Å²) in [5.74, 6) is 0.641. The summed E-state index contributed by atoms with van der Waals surface area (Å²) in [5.41, 5.74) is 7.36. The fourth-order valence-electron chi connectivity index (χ4n) is 2.71. The van der Waals surface area contributed by atoms with Crippen LogP contribution in [0.5, 0.6) is 0 Å². The van der Waals surface area contributed by atoms with Gasteiger partial charge < -0.3 is 5.73 Å². The smallest absolute Gasteiger partial charge is 0.0396 e. The van der Waals surface area contributed by atoms with Crippen molar-refractivity contribution < 1.29 is 0 Å². The summed E-state index contributed by atoms with van der Waals surface area (Å²) >= 11 is 1.90. The maximum Gasteiger partial charge on any atom is 0.0396 e. The van der Waals surface area contributed by atoms with Crippen molar-refractivity contribution in [3.8, 4) is 0 Å². The van der Waals surface area contributed by atoms with Crippen LogP contribution >= 0.6 is 11.3 Å². The van der Waals surface area contributed by atoms with E-state index in [9.17, 15) is 0 Å². The van der Waals surface area contributed by atoms with E-state index >= 15 is 0 Å². The lowest BCUT2D eigenvalue weighted by Gasteiger charge is -2.24. The molecule has 1 aliphatic rings. The fourth-order valence-corrected chi connectivity index (χ4v) is 3.67. The third kappa shape index (κ3) is 1.96. The quantitative estimate of drug-likeness (QED) is 0.835. The van der Waals surface area contributed by atoms with Crippen LogP contribution in [0.2, 0.25) is 0 Å². The highest BCUT2D eigenvalue weighted by Gasteiger charge is 2.33. The van der Waals surface area contributed by atoms with Gasteiger partial charge in [0.1, 0.15) is 0 Å². The Kier molecular flexibility index (Phi) is 3.14. The van der Waals surface area contributed by atoms with Crippen molar-refractivity contribution in [2.45, 2.75) is 26.3 Å². The maximum atomic E-state index is 5.86. The van der Waals surface area contributed by atoms with Gasteiger partial charge in [-0.1, -0.05) is 0 Å². The van der Waals surface area contributed by atoms with Crippen LogP contribution in [0.1, 0.15) is 27.8 Å². The highest BCUT2D eigenvalue weighted by Crippen LogP contribution is 2.39. The van der Waals surface area contributed by atoms with E-state index in [-0.39, 0.29) is 0 Å². The molecule has 0 bridgehead atoms. The van der Waals surface area contributed by atoms with E-state index in [1.165, 1.54) is 28.3 Å². The molecule has 2 N–H and O–H groups in total. The lowest BCUT2D eigenvalue weighted by Crippen LogP contribution is -2.25. The summed E-state index contributed by atoms with van der Waals surface area (Å²) in [6.45, 7) is 6.41. The zero-order valence-electron chi connectivity index (χ0n) is 9.79. The first kappa shape index (κ1) is 11.1. The lowest BCUT2D eigenvalue weighted by atomic mass is 9.94. The Morgan fingerprint density at radius 3 is 2.80 bits per heavy atom.